The molecule has 2 aliphatic heterocycles. The Morgan fingerprint density at radius 2 is 2.03 bits per heavy atom. The van der Waals surface area contributed by atoms with Crippen LogP contribution in [0.5, 0.6) is 0 Å². The summed E-state index contributed by atoms with van der Waals surface area (Å²) < 4.78 is 41.9. The van der Waals surface area contributed by atoms with Gasteiger partial charge in [0.2, 0.25) is 0 Å². The Kier molecular flexibility index (Phi) is 6.61. The van der Waals surface area contributed by atoms with Gasteiger partial charge in [-0.2, -0.15) is 18.3 Å². The molecule has 1 N–H and O–H groups in total. The van der Waals surface area contributed by atoms with Crippen LogP contribution >= 0.6 is 23.4 Å². The molecule has 2 fully saturated rings. The van der Waals surface area contributed by atoms with Gasteiger partial charge in [0, 0.05) is 23.0 Å². The first-order valence-corrected chi connectivity index (χ1v) is 12.6. The van der Waals surface area contributed by atoms with Gasteiger partial charge in [-0.15, -0.1) is 0 Å². The number of aromatic nitrogens is 2. The molecule has 2 saturated heterocycles. The van der Waals surface area contributed by atoms with Gasteiger partial charge in [0.25, 0.3) is 11.1 Å². The predicted octanol–water partition coefficient (Wildman–Crippen LogP) is 5.79. The number of nitrogens with one attached hydrogen (secondary N) is 1. The number of amides is 2. The number of hydrogen-bond donors (Lipinski definition) is 1. The number of carbonyl (C=O) groups is 2. The van der Waals surface area contributed by atoms with Crippen LogP contribution in [0.15, 0.2) is 47.5 Å². The SMILES string of the molecule is CC1CNC(CN2C(=O)SC(=Cc3ccc4c(cnn4Cc4ccc(Cl)cc4C(F)(F)F)c3)C2=O)C1. The molecule has 2 atom stereocenters. The summed E-state index contributed by atoms with van der Waals surface area (Å²) in [5.74, 6) is 0.197. The second-order valence-electron chi connectivity index (χ2n) is 9.16. The van der Waals surface area contributed by atoms with Crippen molar-refractivity contribution in [3.8, 4) is 0 Å². The Labute approximate surface area is 214 Å². The number of rotatable bonds is 5. The van der Waals surface area contributed by atoms with Gasteiger partial charge in [0.15, 0.2) is 0 Å². The largest absolute Gasteiger partial charge is 0.416 e. The van der Waals surface area contributed by atoms with Crippen LogP contribution in [0.25, 0.3) is 17.0 Å². The molecule has 0 saturated carbocycles. The molecular weight excluding hydrogens is 513 g/mol. The number of fused-ring (bicyclic) bond motifs is 1. The standard InChI is InChI=1S/C25H22ClF3N4O2S/c1-14-6-19(30-10-14)13-32-23(34)22(36-24(32)35)8-15-2-5-21-17(7-15)11-31-33(21)12-16-3-4-18(26)9-20(16)25(27,28)29/h2-5,7-9,11,14,19,30H,6,10,12-13H2,1H3. The summed E-state index contributed by atoms with van der Waals surface area (Å²) in [5.41, 5.74) is 0.599. The smallest absolute Gasteiger partial charge is 0.312 e. The van der Waals surface area contributed by atoms with E-state index in [0.717, 1.165) is 30.8 Å². The highest BCUT2D eigenvalue weighted by Crippen LogP contribution is 2.35. The fourth-order valence-electron chi connectivity index (χ4n) is 4.62. The van der Waals surface area contributed by atoms with E-state index in [1.165, 1.54) is 21.7 Å². The number of hydrogen-bond acceptors (Lipinski definition) is 5. The van der Waals surface area contributed by atoms with Gasteiger partial charge >= 0.3 is 6.18 Å². The van der Waals surface area contributed by atoms with Gasteiger partial charge in [0.1, 0.15) is 0 Å². The zero-order valence-electron chi connectivity index (χ0n) is 19.2. The van der Waals surface area contributed by atoms with Crippen LogP contribution < -0.4 is 5.32 Å². The third-order valence-corrected chi connectivity index (χ3v) is 7.52. The molecule has 2 aliphatic rings. The predicted molar refractivity (Wildman–Crippen MR) is 134 cm³/mol. The maximum atomic E-state index is 13.5. The van der Waals surface area contributed by atoms with Crippen LogP contribution in [0.1, 0.15) is 30.0 Å². The molecule has 3 heterocycles. The minimum Gasteiger partial charge on any atom is -0.312 e. The lowest BCUT2D eigenvalue weighted by Gasteiger charge is -2.17. The van der Waals surface area contributed by atoms with Crippen molar-refractivity contribution in [3.63, 3.8) is 0 Å². The first-order valence-electron chi connectivity index (χ1n) is 11.4. The molecule has 0 radical (unpaired) electrons. The van der Waals surface area contributed by atoms with Crippen LogP contribution in [0.2, 0.25) is 5.02 Å². The molecule has 5 rings (SSSR count). The van der Waals surface area contributed by atoms with Crippen molar-refractivity contribution in [1.82, 2.24) is 20.0 Å². The maximum Gasteiger partial charge on any atom is 0.416 e. The van der Waals surface area contributed by atoms with Crippen molar-refractivity contribution in [2.45, 2.75) is 32.1 Å². The molecule has 0 spiro atoms. The molecule has 1 aromatic heterocycles. The van der Waals surface area contributed by atoms with E-state index in [1.807, 2.05) is 0 Å². The quantitative estimate of drug-likeness (QED) is 0.420. The summed E-state index contributed by atoms with van der Waals surface area (Å²) >= 11 is 6.69. The van der Waals surface area contributed by atoms with E-state index < -0.39 is 11.7 Å². The maximum absolute atomic E-state index is 13.5. The monoisotopic (exact) mass is 534 g/mol. The van der Waals surface area contributed by atoms with E-state index in [2.05, 4.69) is 17.3 Å². The minimum atomic E-state index is -4.54. The molecular formula is C25H22ClF3N4O2S. The molecule has 11 heteroatoms. The minimum absolute atomic E-state index is 0.0134. The van der Waals surface area contributed by atoms with Crippen LogP contribution in [-0.2, 0) is 17.5 Å². The normalized spacial score (nSPS) is 21.9. The van der Waals surface area contributed by atoms with E-state index >= 15 is 0 Å². The summed E-state index contributed by atoms with van der Waals surface area (Å²) in [6.07, 6.45) is -0.394. The van der Waals surface area contributed by atoms with Crippen LogP contribution in [0, 0.1) is 5.92 Å². The topological polar surface area (TPSA) is 67.2 Å². The summed E-state index contributed by atoms with van der Waals surface area (Å²) in [6, 6.07) is 9.08. The zero-order chi connectivity index (χ0) is 25.6. The molecule has 36 heavy (non-hydrogen) atoms. The Hall–Kier alpha value is -2.82. The number of benzene rings is 2. The molecule has 2 unspecified atom stereocenters. The lowest BCUT2D eigenvalue weighted by atomic mass is 10.1. The van der Waals surface area contributed by atoms with Gasteiger partial charge in [-0.05, 0) is 72.1 Å². The van der Waals surface area contributed by atoms with Crippen LogP contribution in [0.4, 0.5) is 18.0 Å². The summed E-state index contributed by atoms with van der Waals surface area (Å²) in [7, 11) is 0. The third kappa shape index (κ3) is 5.02. The average Bonchev–Trinajstić information content (AvgIpc) is 3.48. The number of alkyl halides is 3. The number of imide groups is 1. The number of thioether (sulfide) groups is 1. The second-order valence-corrected chi connectivity index (χ2v) is 10.6. The fraction of sp³-hybridized carbons (Fsp3) is 0.320. The van der Waals surface area contributed by atoms with E-state index in [9.17, 15) is 22.8 Å². The summed E-state index contributed by atoms with van der Waals surface area (Å²) in [5, 5.41) is 8.04. The molecule has 3 aromatic rings. The molecule has 6 nitrogen and oxygen atoms in total. The fourth-order valence-corrected chi connectivity index (χ4v) is 5.64. The highest BCUT2D eigenvalue weighted by atomic mass is 35.5. The molecule has 2 amide bonds. The van der Waals surface area contributed by atoms with Gasteiger partial charge < -0.3 is 5.32 Å². The zero-order valence-corrected chi connectivity index (χ0v) is 20.8. The summed E-state index contributed by atoms with van der Waals surface area (Å²) in [6.45, 7) is 3.27. The van der Waals surface area contributed by atoms with Gasteiger partial charge in [-0.25, -0.2) is 0 Å². The third-order valence-electron chi connectivity index (χ3n) is 6.38. The Balaban J connectivity index is 1.36. The van der Waals surface area contributed by atoms with E-state index in [-0.39, 0.29) is 34.3 Å². The highest BCUT2D eigenvalue weighted by molar-refractivity contribution is 8.18. The molecule has 188 valence electrons. The highest BCUT2D eigenvalue weighted by Gasteiger charge is 2.37. The average molecular weight is 535 g/mol. The Morgan fingerprint density at radius 1 is 1.22 bits per heavy atom. The lowest BCUT2D eigenvalue weighted by molar-refractivity contribution is -0.138. The van der Waals surface area contributed by atoms with Crippen molar-refractivity contribution >= 4 is 51.5 Å². The van der Waals surface area contributed by atoms with Crippen LogP contribution in [0.3, 0.4) is 0 Å². The van der Waals surface area contributed by atoms with Gasteiger partial charge in [0.05, 0.1) is 28.7 Å². The Bertz CT molecular complexity index is 1390. The van der Waals surface area contributed by atoms with Gasteiger partial charge in [-0.3, -0.25) is 19.2 Å². The first-order chi connectivity index (χ1) is 17.1. The lowest BCUT2D eigenvalue weighted by Crippen LogP contribution is -2.39. The van der Waals surface area contributed by atoms with Gasteiger partial charge in [-0.1, -0.05) is 30.7 Å². The number of halogens is 4. The van der Waals surface area contributed by atoms with Crippen molar-refractivity contribution < 1.29 is 22.8 Å². The molecule has 2 aromatic carbocycles. The first kappa shape index (κ1) is 24.9. The van der Waals surface area contributed by atoms with Crippen LogP contribution in [-0.4, -0.2) is 45.0 Å². The number of nitrogens with zero attached hydrogens (tertiary/aromatic N) is 3. The van der Waals surface area contributed by atoms with E-state index in [0.29, 0.717) is 33.8 Å². The van der Waals surface area contributed by atoms with Crippen molar-refractivity contribution in [2.75, 3.05) is 13.1 Å². The molecule has 0 aliphatic carbocycles. The number of carbonyl (C=O) groups excluding carboxylic acids is 2. The van der Waals surface area contributed by atoms with E-state index in [1.54, 1.807) is 30.5 Å². The van der Waals surface area contributed by atoms with Crippen molar-refractivity contribution in [3.05, 3.63) is 69.2 Å². The second kappa shape index (κ2) is 9.57. The van der Waals surface area contributed by atoms with Crippen molar-refractivity contribution in [2.24, 2.45) is 5.92 Å². The van der Waals surface area contributed by atoms with E-state index in [4.69, 9.17) is 11.6 Å². The molecule has 0 bridgehead atoms. The van der Waals surface area contributed by atoms with Crippen molar-refractivity contribution in [1.29, 1.82) is 0 Å². The Morgan fingerprint density at radius 3 is 2.75 bits per heavy atom. The summed E-state index contributed by atoms with van der Waals surface area (Å²) in [4.78, 5) is 27.0.